The fraction of sp³-hybridized carbons (Fsp3) is 0.576. The number of ether oxygens (including phenoxy) is 3. The minimum absolute atomic E-state index is 0.286. The van der Waals surface area contributed by atoms with Gasteiger partial charge in [0.1, 0.15) is 5.75 Å². The Labute approximate surface area is 378 Å². The summed E-state index contributed by atoms with van der Waals surface area (Å²) in [6.45, 7) is 2.25. The van der Waals surface area contributed by atoms with Crippen LogP contribution in [-0.2, 0) is 17.6 Å². The van der Waals surface area contributed by atoms with Crippen LogP contribution in [0.25, 0.3) is 0 Å². The van der Waals surface area contributed by atoms with E-state index in [9.17, 15) is 4.79 Å². The van der Waals surface area contributed by atoms with Crippen molar-refractivity contribution in [3.8, 4) is 17.2 Å². The maximum absolute atomic E-state index is 11.8. The van der Waals surface area contributed by atoms with Gasteiger partial charge in [-0.25, -0.2) is 0 Å². The first kappa shape index (κ1) is 41.6. The third kappa shape index (κ3) is 8.63. The largest absolute Gasteiger partial charge is 0.493 e. The average molecular weight is 845 g/mol. The van der Waals surface area contributed by atoms with Gasteiger partial charge in [-0.3, -0.25) is 4.79 Å². The molecule has 12 rings (SSSR count). The molecule has 0 saturated heterocycles. The number of benzene rings is 4. The Bertz CT molecular complexity index is 2200. The predicted molar refractivity (Wildman–Crippen MR) is 253 cm³/mol. The van der Waals surface area contributed by atoms with Crippen molar-refractivity contribution in [2.45, 2.75) is 159 Å². The van der Waals surface area contributed by atoms with Crippen LogP contribution in [0.15, 0.2) is 84.9 Å². The van der Waals surface area contributed by atoms with Crippen molar-refractivity contribution >= 4 is 5.97 Å². The van der Waals surface area contributed by atoms with Crippen molar-refractivity contribution in [1.82, 2.24) is 0 Å². The van der Waals surface area contributed by atoms with Gasteiger partial charge in [0.25, 0.3) is 0 Å². The fourth-order valence-corrected chi connectivity index (χ4v) is 16.0. The highest BCUT2D eigenvalue weighted by Gasteiger charge is 2.52. The van der Waals surface area contributed by atoms with E-state index < -0.39 is 0 Å². The normalized spacial score (nSPS) is 31.0. The van der Waals surface area contributed by atoms with Crippen LogP contribution in [0.4, 0.5) is 0 Å². The van der Waals surface area contributed by atoms with Crippen molar-refractivity contribution < 1.29 is 19.0 Å². The quantitative estimate of drug-likeness (QED) is 0.0883. The van der Waals surface area contributed by atoms with E-state index in [1.54, 1.807) is 22.3 Å². The van der Waals surface area contributed by atoms with Crippen LogP contribution in [0.2, 0.25) is 0 Å². The molecule has 6 bridgehead atoms. The van der Waals surface area contributed by atoms with E-state index in [0.717, 1.165) is 54.6 Å². The summed E-state index contributed by atoms with van der Waals surface area (Å²) in [5.74, 6) is 9.56. The van der Waals surface area contributed by atoms with Crippen LogP contribution in [0.3, 0.4) is 0 Å². The van der Waals surface area contributed by atoms with Gasteiger partial charge in [0.15, 0.2) is 11.5 Å². The Hall–Kier alpha value is -4.05. The summed E-state index contributed by atoms with van der Waals surface area (Å²) in [5, 5.41) is 0. The number of carbonyl (C=O) groups is 1. The van der Waals surface area contributed by atoms with Crippen LogP contribution in [0.1, 0.15) is 185 Å². The van der Waals surface area contributed by atoms with Gasteiger partial charge in [0.05, 0.1) is 13.7 Å². The number of methoxy groups -OCH3 is 1. The average Bonchev–Trinajstić information content (AvgIpc) is 4.03. The first-order valence-corrected chi connectivity index (χ1v) is 25.6. The summed E-state index contributed by atoms with van der Waals surface area (Å²) in [4.78, 5) is 11.8. The second-order valence-corrected chi connectivity index (χ2v) is 22.4. The van der Waals surface area contributed by atoms with Crippen molar-refractivity contribution in [3.63, 3.8) is 0 Å². The zero-order chi connectivity index (χ0) is 42.5. The summed E-state index contributed by atoms with van der Waals surface area (Å²) in [6.07, 6.45) is 26.3. The molecule has 6 unspecified atom stereocenters. The second-order valence-electron chi connectivity index (χ2n) is 22.4. The van der Waals surface area contributed by atoms with Crippen LogP contribution in [0, 0.1) is 40.9 Å². The molecule has 63 heavy (non-hydrogen) atoms. The molecule has 4 nitrogen and oxygen atoms in total. The maximum Gasteiger partial charge on any atom is 0.308 e. The van der Waals surface area contributed by atoms with Gasteiger partial charge in [-0.15, -0.1) is 0 Å². The molecule has 0 aromatic heterocycles. The minimum atomic E-state index is -0.286. The lowest BCUT2D eigenvalue weighted by Gasteiger charge is -2.58. The Kier molecular flexibility index (Phi) is 11.7. The SMILES string of the molecule is COc1c(Cc2ccc(OC(C)=O)cc2)cc(C(CC2CCC(c3ccccc3)C2)CC23CC4CC(CC(C4)C2)C3)c(CC2CC3CC2c2ccccc23)c1OCC1CCCCC1. The summed E-state index contributed by atoms with van der Waals surface area (Å²) in [5.41, 5.74) is 10.8. The van der Waals surface area contributed by atoms with E-state index in [1.165, 1.54) is 139 Å². The summed E-state index contributed by atoms with van der Waals surface area (Å²) in [7, 11) is 1.89. The molecule has 0 aliphatic heterocycles. The Balaban J connectivity index is 1.03. The minimum Gasteiger partial charge on any atom is -0.493 e. The topological polar surface area (TPSA) is 44.8 Å². The van der Waals surface area contributed by atoms with E-state index in [4.69, 9.17) is 14.2 Å². The molecule has 0 N–H and O–H groups in total. The number of hydrogen-bond donors (Lipinski definition) is 0. The number of hydrogen-bond acceptors (Lipinski definition) is 4. The summed E-state index contributed by atoms with van der Waals surface area (Å²) >= 11 is 0. The van der Waals surface area contributed by atoms with E-state index >= 15 is 0 Å². The molecule has 7 fully saturated rings. The van der Waals surface area contributed by atoms with Crippen molar-refractivity contribution in [2.75, 3.05) is 13.7 Å². The Morgan fingerprint density at radius 3 is 2.14 bits per heavy atom. The molecule has 0 amide bonds. The smallest absolute Gasteiger partial charge is 0.308 e. The lowest BCUT2D eigenvalue weighted by atomic mass is 9.47. The molecule has 0 radical (unpaired) electrons. The fourth-order valence-electron chi connectivity index (χ4n) is 16.0. The molecular weight excluding hydrogens is 773 g/mol. The number of esters is 1. The Morgan fingerprint density at radius 1 is 0.714 bits per heavy atom. The molecule has 4 aromatic rings. The third-order valence-electron chi connectivity index (χ3n) is 18.1. The molecule has 4 heteroatoms. The first-order chi connectivity index (χ1) is 30.8. The van der Waals surface area contributed by atoms with E-state index in [0.29, 0.717) is 46.7 Å². The highest BCUT2D eigenvalue weighted by molar-refractivity contribution is 5.69. The van der Waals surface area contributed by atoms with E-state index in [2.05, 4.69) is 72.8 Å². The Morgan fingerprint density at radius 2 is 1.43 bits per heavy atom. The summed E-state index contributed by atoms with van der Waals surface area (Å²) in [6, 6.07) is 31.7. The van der Waals surface area contributed by atoms with Gasteiger partial charge in [-0.2, -0.15) is 0 Å². The molecule has 6 atom stereocenters. The second kappa shape index (κ2) is 17.7. The molecule has 332 valence electrons. The van der Waals surface area contributed by atoms with Gasteiger partial charge in [0.2, 0.25) is 0 Å². The molecule has 0 heterocycles. The molecule has 8 aliphatic carbocycles. The number of rotatable bonds is 15. The predicted octanol–water partition coefficient (Wildman–Crippen LogP) is 14.7. The van der Waals surface area contributed by atoms with Gasteiger partial charge in [-0.1, -0.05) is 92.1 Å². The van der Waals surface area contributed by atoms with Crippen molar-refractivity contribution in [3.05, 3.63) is 124 Å². The van der Waals surface area contributed by atoms with Gasteiger partial charge < -0.3 is 14.2 Å². The van der Waals surface area contributed by atoms with Gasteiger partial charge >= 0.3 is 5.97 Å². The van der Waals surface area contributed by atoms with E-state index in [1.807, 2.05) is 19.2 Å². The lowest BCUT2D eigenvalue weighted by Crippen LogP contribution is -2.46. The number of carbonyl (C=O) groups excluding carboxylic acids is 1. The van der Waals surface area contributed by atoms with E-state index in [-0.39, 0.29) is 5.97 Å². The zero-order valence-electron chi connectivity index (χ0n) is 38.3. The summed E-state index contributed by atoms with van der Waals surface area (Å²) < 4.78 is 19.6. The maximum atomic E-state index is 11.8. The van der Waals surface area contributed by atoms with Crippen molar-refractivity contribution in [2.24, 2.45) is 40.9 Å². The van der Waals surface area contributed by atoms with Crippen molar-refractivity contribution in [1.29, 1.82) is 0 Å². The highest BCUT2D eigenvalue weighted by atomic mass is 16.5. The van der Waals surface area contributed by atoms with Crippen LogP contribution in [0.5, 0.6) is 17.2 Å². The highest BCUT2D eigenvalue weighted by Crippen LogP contribution is 2.64. The molecule has 8 aliphatic rings. The van der Waals surface area contributed by atoms with Gasteiger partial charge in [0, 0.05) is 24.5 Å². The monoisotopic (exact) mass is 845 g/mol. The van der Waals surface area contributed by atoms with Crippen LogP contribution < -0.4 is 14.2 Å². The van der Waals surface area contributed by atoms with Gasteiger partial charge in [-0.05, 0) is 207 Å². The molecule has 0 spiro atoms. The lowest BCUT2D eigenvalue weighted by molar-refractivity contribution is -0.131. The molecular formula is C59H72O4. The standard InChI is InChI=1S/C59H72O4/c1-38(60)63-51-21-18-39(19-22-51)26-49-32-55(50(28-41-17-20-46(27-41)45-13-7-4-8-14-45)36-59-33-42-23-43(34-59)25-44(24-42)35-59)56(58(57(49)61-2)62-37-40-11-5-3-6-12-40)31-48-29-47-30-54(48)53-16-10-9-15-52(47)53/h4,7-10,13-16,18-19,21-22,32,40-44,46-48,50,54H,3,5-6,11-12,17,20,23-31,33-37H2,1-2H3. The van der Waals surface area contributed by atoms with Crippen LogP contribution >= 0.6 is 0 Å². The zero-order valence-corrected chi connectivity index (χ0v) is 38.3. The third-order valence-corrected chi connectivity index (χ3v) is 18.1. The first-order valence-electron chi connectivity index (χ1n) is 25.6. The van der Waals surface area contributed by atoms with Crippen LogP contribution in [-0.4, -0.2) is 19.7 Å². The molecule has 7 saturated carbocycles. The number of fused-ring (bicyclic) bond motifs is 5. The molecule has 4 aromatic carbocycles.